The largest absolute Gasteiger partial charge is 0.495 e. The zero-order valence-corrected chi connectivity index (χ0v) is 29.6. The van der Waals surface area contributed by atoms with Gasteiger partial charge in [-0.1, -0.05) is 93.5 Å². The molecule has 0 aromatic heterocycles. The third kappa shape index (κ3) is 15.9. The van der Waals surface area contributed by atoms with Crippen molar-refractivity contribution < 1.29 is 14.0 Å². The molecule has 1 fully saturated rings. The van der Waals surface area contributed by atoms with Crippen molar-refractivity contribution in [1.82, 2.24) is 0 Å². The van der Waals surface area contributed by atoms with Crippen LogP contribution in [-0.2, 0) is 20.5 Å². The molecule has 0 N–H and O–H groups in total. The second kappa shape index (κ2) is 25.6. The Hall–Kier alpha value is -1.36. The summed E-state index contributed by atoms with van der Waals surface area (Å²) in [6.45, 7) is 43.8. The fraction of sp³-hybridized carbons (Fsp3) is 0.714. The Kier molecular flexibility index (Phi) is 29.3. The molecule has 1 saturated heterocycles. The maximum absolute atomic E-state index is 6.33. The van der Waals surface area contributed by atoms with Gasteiger partial charge in [0, 0.05) is 6.61 Å². The van der Waals surface area contributed by atoms with Crippen molar-refractivity contribution in [3.63, 3.8) is 0 Å². The second-order valence-corrected chi connectivity index (χ2v) is 9.82. The van der Waals surface area contributed by atoms with Crippen LogP contribution in [0.25, 0.3) is 6.08 Å². The number of ether oxygens (including phenoxy) is 1. The Morgan fingerprint density at radius 2 is 1.31 bits per heavy atom. The zero-order chi connectivity index (χ0) is 31.8. The van der Waals surface area contributed by atoms with E-state index in [4.69, 9.17) is 14.0 Å². The van der Waals surface area contributed by atoms with E-state index in [1.807, 2.05) is 60.6 Å². The van der Waals surface area contributed by atoms with E-state index < -0.39 is 0 Å². The minimum Gasteiger partial charge on any atom is -0.399 e. The first-order chi connectivity index (χ1) is 18.4. The van der Waals surface area contributed by atoms with Gasteiger partial charge in [0.2, 0.25) is 0 Å². The predicted octanol–water partition coefficient (Wildman–Crippen LogP) is 10.7. The first-order valence-electron chi connectivity index (χ1n) is 15.7. The molecule has 4 heteroatoms. The van der Waals surface area contributed by atoms with E-state index in [0.717, 1.165) is 36.9 Å². The lowest BCUT2D eigenvalue weighted by atomic mass is 9.69. The molecule has 1 unspecified atom stereocenters. The Labute approximate surface area is 247 Å². The first kappa shape index (κ1) is 44.7. The third-order valence-corrected chi connectivity index (χ3v) is 6.27. The Bertz CT molecular complexity index is 722. The maximum Gasteiger partial charge on any atom is 0.495 e. The minimum absolute atomic E-state index is 0.344. The summed E-state index contributed by atoms with van der Waals surface area (Å²) in [5.41, 5.74) is 5.37. The molecule has 0 spiro atoms. The zero-order valence-electron chi connectivity index (χ0n) is 29.6. The molecule has 0 radical (unpaired) electrons. The fourth-order valence-electron chi connectivity index (χ4n) is 3.56. The summed E-state index contributed by atoms with van der Waals surface area (Å²) in [5.74, 6) is 0. The van der Waals surface area contributed by atoms with Gasteiger partial charge in [0.05, 0.1) is 17.3 Å². The smallest absolute Gasteiger partial charge is 0.399 e. The summed E-state index contributed by atoms with van der Waals surface area (Å²) in [4.78, 5) is 0. The summed E-state index contributed by atoms with van der Waals surface area (Å²) in [6, 6.07) is 2.23. The van der Waals surface area contributed by atoms with Gasteiger partial charge in [0.15, 0.2) is 0 Å². The van der Waals surface area contributed by atoms with Crippen molar-refractivity contribution in [3.05, 3.63) is 47.6 Å². The van der Waals surface area contributed by atoms with Crippen molar-refractivity contribution in [1.29, 1.82) is 0 Å². The van der Waals surface area contributed by atoms with Gasteiger partial charge < -0.3 is 14.0 Å². The van der Waals surface area contributed by atoms with E-state index in [1.54, 1.807) is 0 Å². The Morgan fingerprint density at radius 1 is 0.872 bits per heavy atom. The van der Waals surface area contributed by atoms with Gasteiger partial charge in [-0.3, -0.25) is 0 Å². The van der Waals surface area contributed by atoms with Crippen LogP contribution in [0.1, 0.15) is 145 Å². The number of benzene rings is 1. The predicted molar refractivity (Wildman–Crippen MR) is 182 cm³/mol. The van der Waals surface area contributed by atoms with Crippen molar-refractivity contribution in [3.8, 4) is 0 Å². The summed E-state index contributed by atoms with van der Waals surface area (Å²) in [6.07, 6.45) is 8.58. The van der Waals surface area contributed by atoms with E-state index in [-0.39, 0.29) is 18.3 Å². The van der Waals surface area contributed by atoms with Crippen molar-refractivity contribution in [2.75, 3.05) is 6.61 Å². The minimum atomic E-state index is -0.355. The van der Waals surface area contributed by atoms with E-state index in [2.05, 4.69) is 88.5 Å². The average molecular weight is 549 g/mol. The van der Waals surface area contributed by atoms with Crippen LogP contribution in [-0.4, -0.2) is 31.0 Å². The molecule has 1 atom stereocenters. The molecular formula is C35H69BO3. The lowest BCUT2D eigenvalue weighted by Gasteiger charge is -2.32. The molecule has 1 aliphatic heterocycles. The van der Waals surface area contributed by atoms with Gasteiger partial charge in [-0.2, -0.15) is 0 Å². The highest BCUT2D eigenvalue weighted by Gasteiger charge is 2.52. The van der Waals surface area contributed by atoms with Crippen LogP contribution in [0.3, 0.4) is 0 Å². The van der Waals surface area contributed by atoms with Crippen LogP contribution in [0.4, 0.5) is 0 Å². The van der Waals surface area contributed by atoms with Crippen LogP contribution in [0.15, 0.2) is 25.3 Å². The topological polar surface area (TPSA) is 27.7 Å². The first-order valence-corrected chi connectivity index (χ1v) is 15.7. The molecule has 0 aliphatic carbocycles. The molecule has 1 aromatic rings. The number of hydrogen-bond acceptors (Lipinski definition) is 3. The molecule has 39 heavy (non-hydrogen) atoms. The number of hydrogen-bond donors (Lipinski definition) is 0. The highest BCUT2D eigenvalue weighted by atomic mass is 16.7. The molecule has 0 saturated carbocycles. The lowest BCUT2D eigenvalue weighted by molar-refractivity contribution is 0.00578. The van der Waals surface area contributed by atoms with Crippen LogP contribution >= 0.6 is 0 Å². The summed E-state index contributed by atoms with van der Waals surface area (Å²) < 4.78 is 17.8. The maximum atomic E-state index is 6.33. The summed E-state index contributed by atoms with van der Waals surface area (Å²) >= 11 is 0. The monoisotopic (exact) mass is 549 g/mol. The number of aryl methyl sites for hydroxylation is 2. The van der Waals surface area contributed by atoms with Crippen molar-refractivity contribution in [2.45, 2.75) is 161 Å². The van der Waals surface area contributed by atoms with Crippen LogP contribution in [0, 0.1) is 13.8 Å². The van der Waals surface area contributed by atoms with Crippen LogP contribution < -0.4 is 5.46 Å². The summed E-state index contributed by atoms with van der Waals surface area (Å²) in [5, 5.41) is 0. The molecular weight excluding hydrogens is 479 g/mol. The normalized spacial score (nSPS) is 14.6. The molecule has 3 nitrogen and oxygen atoms in total. The molecule has 0 amide bonds. The Morgan fingerprint density at radius 3 is 1.62 bits per heavy atom. The van der Waals surface area contributed by atoms with Gasteiger partial charge in [-0.05, 0) is 102 Å². The fourth-order valence-corrected chi connectivity index (χ4v) is 3.56. The molecule has 1 aromatic carbocycles. The van der Waals surface area contributed by atoms with Gasteiger partial charge in [-0.25, -0.2) is 0 Å². The second-order valence-electron chi connectivity index (χ2n) is 9.82. The van der Waals surface area contributed by atoms with E-state index in [9.17, 15) is 0 Å². The SMILES string of the molecule is C=CCCc1c(C)cc(C)c(C=C)c1B1OC(C)(C)C(C)(C)O1.CC.CC.CC.CCC.CCOC(C)CC. The van der Waals surface area contributed by atoms with E-state index >= 15 is 0 Å². The molecule has 1 aliphatic rings. The van der Waals surface area contributed by atoms with Crippen molar-refractivity contribution in [2.24, 2.45) is 0 Å². The third-order valence-electron chi connectivity index (χ3n) is 6.27. The summed E-state index contributed by atoms with van der Waals surface area (Å²) in [7, 11) is -0.355. The van der Waals surface area contributed by atoms with Crippen molar-refractivity contribution >= 4 is 18.7 Å². The van der Waals surface area contributed by atoms with Gasteiger partial charge in [0.25, 0.3) is 0 Å². The van der Waals surface area contributed by atoms with Crippen LogP contribution in [0.2, 0.25) is 0 Å². The number of allylic oxidation sites excluding steroid dienone is 1. The molecule has 1 heterocycles. The van der Waals surface area contributed by atoms with Gasteiger partial charge >= 0.3 is 7.12 Å². The van der Waals surface area contributed by atoms with E-state index in [1.165, 1.54) is 23.1 Å². The average Bonchev–Trinajstić information content (AvgIpc) is 3.13. The Balaban J connectivity index is -0.000000319. The lowest BCUT2D eigenvalue weighted by Crippen LogP contribution is -2.41. The van der Waals surface area contributed by atoms with Crippen LogP contribution in [0.5, 0.6) is 0 Å². The van der Waals surface area contributed by atoms with E-state index in [0.29, 0.717) is 6.10 Å². The molecule has 0 bridgehead atoms. The number of rotatable bonds is 8. The molecule has 2 rings (SSSR count). The van der Waals surface area contributed by atoms with Gasteiger partial charge in [0.1, 0.15) is 0 Å². The highest BCUT2D eigenvalue weighted by molar-refractivity contribution is 6.63. The molecule has 230 valence electrons. The quantitative estimate of drug-likeness (QED) is 0.239. The van der Waals surface area contributed by atoms with Gasteiger partial charge in [-0.15, -0.1) is 6.58 Å². The highest BCUT2D eigenvalue weighted by Crippen LogP contribution is 2.37. The standard InChI is InChI=1S/C20H29BO2.C6H14O.C3H8.3C2H6/c1-9-11-12-17-15(4)13-14(3)16(10-2)18(17)21-22-19(5,6)20(7,8)23-21;1-4-6(3)7-5-2;1-3-2;3*1-2/h9-10,13H,1-2,11-12H2,3-8H3;6H,4-5H2,1-3H3;3H2,1-2H3;3*1-2H3.